The molecular weight excluding hydrogens is 469 g/mol. The van der Waals surface area contributed by atoms with E-state index in [0.717, 1.165) is 33.6 Å². The molecule has 0 atom stereocenters. The van der Waals surface area contributed by atoms with Crippen LogP contribution in [0.4, 0.5) is 10.2 Å². The minimum Gasteiger partial charge on any atom is -0.487 e. The van der Waals surface area contributed by atoms with Crippen LogP contribution >= 0.6 is 0 Å². The van der Waals surface area contributed by atoms with E-state index < -0.39 is 5.82 Å². The number of fused-ring (bicyclic) bond motifs is 1. The predicted octanol–water partition coefficient (Wildman–Crippen LogP) is 4.06. The van der Waals surface area contributed by atoms with E-state index in [1.54, 1.807) is 39.9 Å². The van der Waals surface area contributed by atoms with Gasteiger partial charge in [-0.05, 0) is 30.3 Å². The first-order chi connectivity index (χ1) is 18.0. The van der Waals surface area contributed by atoms with Crippen molar-refractivity contribution >= 4 is 11.3 Å². The highest BCUT2D eigenvalue weighted by Gasteiger charge is 2.29. The summed E-state index contributed by atoms with van der Waals surface area (Å²) in [6, 6.07) is 12.7. The average molecular weight is 490 g/mol. The van der Waals surface area contributed by atoms with Gasteiger partial charge in [-0.1, -0.05) is 5.92 Å². The SMILES string of the molecule is C#Cc1ccc(OC2CN(c3ccc(-c4cc(-c5cnn(C)c5)cn5ncc(C#N)c45)cn3)C2)cc1F. The fourth-order valence-electron chi connectivity index (χ4n) is 4.46. The monoisotopic (exact) mass is 489 g/mol. The van der Waals surface area contributed by atoms with Gasteiger partial charge in [0, 0.05) is 54.0 Å². The number of halogens is 1. The fourth-order valence-corrected chi connectivity index (χ4v) is 4.46. The molecule has 1 fully saturated rings. The lowest BCUT2D eigenvalue weighted by Crippen LogP contribution is -2.54. The Morgan fingerprint density at radius 1 is 1.00 bits per heavy atom. The molecule has 6 rings (SSSR count). The highest BCUT2D eigenvalue weighted by Crippen LogP contribution is 2.33. The zero-order valence-corrected chi connectivity index (χ0v) is 19.8. The molecule has 0 N–H and O–H groups in total. The van der Waals surface area contributed by atoms with Crippen LogP contribution in [0.25, 0.3) is 27.8 Å². The van der Waals surface area contributed by atoms with E-state index in [-0.39, 0.29) is 11.7 Å². The summed E-state index contributed by atoms with van der Waals surface area (Å²) in [7, 11) is 1.87. The zero-order chi connectivity index (χ0) is 25.5. The number of hydrogen-bond donors (Lipinski definition) is 0. The Labute approximate surface area is 212 Å². The van der Waals surface area contributed by atoms with E-state index in [2.05, 4.69) is 32.1 Å². The third-order valence-electron chi connectivity index (χ3n) is 6.40. The lowest BCUT2D eigenvalue weighted by molar-refractivity contribution is 0.166. The van der Waals surface area contributed by atoms with Crippen LogP contribution in [0.15, 0.2) is 67.4 Å². The molecule has 0 saturated carbocycles. The third-order valence-corrected chi connectivity index (χ3v) is 6.40. The molecule has 1 aliphatic heterocycles. The number of benzene rings is 1. The second kappa shape index (κ2) is 8.81. The van der Waals surface area contributed by atoms with Crippen molar-refractivity contribution in [1.82, 2.24) is 24.4 Å². The molecule has 0 aliphatic carbocycles. The summed E-state index contributed by atoms with van der Waals surface area (Å²) in [5.74, 6) is 3.10. The number of terminal acetylenes is 1. The normalized spacial score (nSPS) is 13.2. The maximum Gasteiger partial charge on any atom is 0.142 e. The Hall–Kier alpha value is -5.15. The highest BCUT2D eigenvalue weighted by atomic mass is 19.1. The topological polar surface area (TPSA) is 84.3 Å². The fraction of sp³-hybridized carbons (Fsp3) is 0.143. The van der Waals surface area contributed by atoms with Crippen molar-refractivity contribution in [2.45, 2.75) is 6.10 Å². The van der Waals surface area contributed by atoms with Crippen molar-refractivity contribution in [3.8, 4) is 46.4 Å². The molecule has 8 nitrogen and oxygen atoms in total. The number of nitrogens with zero attached hydrogens (tertiary/aromatic N) is 7. The molecule has 9 heteroatoms. The summed E-state index contributed by atoms with van der Waals surface area (Å²) in [6.45, 7) is 1.26. The smallest absolute Gasteiger partial charge is 0.142 e. The van der Waals surface area contributed by atoms with Crippen molar-refractivity contribution in [2.24, 2.45) is 7.05 Å². The van der Waals surface area contributed by atoms with Crippen LogP contribution in [-0.2, 0) is 7.05 Å². The number of anilines is 1. The van der Waals surface area contributed by atoms with E-state index >= 15 is 0 Å². The van der Waals surface area contributed by atoms with Crippen LogP contribution in [0.2, 0.25) is 0 Å². The summed E-state index contributed by atoms with van der Waals surface area (Å²) in [6.07, 6.45) is 14.2. The van der Waals surface area contributed by atoms with Gasteiger partial charge < -0.3 is 9.64 Å². The maximum absolute atomic E-state index is 13.9. The Morgan fingerprint density at radius 3 is 2.54 bits per heavy atom. The first-order valence-corrected chi connectivity index (χ1v) is 11.6. The third kappa shape index (κ3) is 4.03. The van der Waals surface area contributed by atoms with Crippen LogP contribution in [0.5, 0.6) is 5.75 Å². The van der Waals surface area contributed by atoms with Gasteiger partial charge >= 0.3 is 0 Å². The number of ether oxygens (including phenoxy) is 1. The molecule has 0 amide bonds. The van der Waals surface area contributed by atoms with Gasteiger partial charge in [-0.15, -0.1) is 6.42 Å². The molecule has 5 heterocycles. The standard InChI is InChI=1S/C28H20FN7O/c1-3-18-4-6-23(9-26(18)29)37-24-16-35(17-24)27-7-5-19(11-31-27)25-8-20(22-13-32-34(2)14-22)15-36-28(25)21(10-30)12-33-36/h1,4-9,11-15,24H,16-17H2,2H3. The number of aryl methyl sites for hydroxylation is 1. The molecule has 5 aromatic rings. The van der Waals surface area contributed by atoms with E-state index in [1.807, 2.05) is 37.6 Å². The van der Waals surface area contributed by atoms with Gasteiger partial charge in [-0.25, -0.2) is 13.9 Å². The molecule has 1 aliphatic rings. The highest BCUT2D eigenvalue weighted by molar-refractivity contribution is 5.87. The van der Waals surface area contributed by atoms with Gasteiger partial charge in [0.2, 0.25) is 0 Å². The lowest BCUT2D eigenvalue weighted by Gasteiger charge is -2.39. The van der Waals surface area contributed by atoms with Gasteiger partial charge in [0.1, 0.15) is 29.6 Å². The molecule has 1 aromatic carbocycles. The largest absolute Gasteiger partial charge is 0.487 e. The van der Waals surface area contributed by atoms with E-state index in [0.29, 0.717) is 24.4 Å². The van der Waals surface area contributed by atoms with Crippen LogP contribution in [0, 0.1) is 29.5 Å². The average Bonchev–Trinajstić information content (AvgIpc) is 3.51. The lowest BCUT2D eigenvalue weighted by atomic mass is 10.0. The van der Waals surface area contributed by atoms with E-state index in [1.165, 1.54) is 6.07 Å². The van der Waals surface area contributed by atoms with Gasteiger partial charge in [-0.2, -0.15) is 15.5 Å². The van der Waals surface area contributed by atoms with Crippen LogP contribution in [-0.4, -0.2) is 43.6 Å². The Kier molecular flexibility index (Phi) is 5.32. The van der Waals surface area contributed by atoms with Crippen LogP contribution < -0.4 is 9.64 Å². The van der Waals surface area contributed by atoms with Crippen molar-refractivity contribution in [3.05, 3.63) is 84.3 Å². The van der Waals surface area contributed by atoms with Crippen LogP contribution in [0.3, 0.4) is 0 Å². The number of hydrogen-bond acceptors (Lipinski definition) is 6. The molecule has 180 valence electrons. The van der Waals surface area contributed by atoms with E-state index in [4.69, 9.17) is 11.2 Å². The van der Waals surface area contributed by atoms with Gasteiger partial charge in [-0.3, -0.25) is 4.68 Å². The van der Waals surface area contributed by atoms with Crippen molar-refractivity contribution < 1.29 is 9.13 Å². The quantitative estimate of drug-likeness (QED) is 0.346. The van der Waals surface area contributed by atoms with Gasteiger partial charge in [0.05, 0.1) is 42.1 Å². The van der Waals surface area contributed by atoms with Crippen molar-refractivity contribution in [3.63, 3.8) is 0 Å². The molecule has 1 saturated heterocycles. The Bertz CT molecular complexity index is 1720. The minimum atomic E-state index is -0.465. The molecule has 0 spiro atoms. The predicted molar refractivity (Wildman–Crippen MR) is 136 cm³/mol. The number of nitriles is 1. The molecule has 0 bridgehead atoms. The second-order valence-corrected chi connectivity index (χ2v) is 8.84. The van der Waals surface area contributed by atoms with Crippen LogP contribution in [0.1, 0.15) is 11.1 Å². The molecule has 0 unspecified atom stereocenters. The zero-order valence-electron chi connectivity index (χ0n) is 19.8. The first-order valence-electron chi connectivity index (χ1n) is 11.6. The summed E-state index contributed by atoms with van der Waals surface area (Å²) in [5, 5.41) is 18.3. The van der Waals surface area contributed by atoms with Crippen molar-refractivity contribution in [2.75, 3.05) is 18.0 Å². The number of pyridine rings is 2. The maximum atomic E-state index is 13.9. The first kappa shape index (κ1) is 22.3. The Morgan fingerprint density at radius 2 is 1.86 bits per heavy atom. The minimum absolute atomic E-state index is 0.0710. The Balaban J connectivity index is 1.23. The second-order valence-electron chi connectivity index (χ2n) is 8.84. The summed E-state index contributed by atoms with van der Waals surface area (Å²) in [4.78, 5) is 6.75. The number of rotatable bonds is 5. The van der Waals surface area contributed by atoms with Gasteiger partial charge in [0.15, 0.2) is 0 Å². The molecule has 4 aromatic heterocycles. The van der Waals surface area contributed by atoms with Gasteiger partial charge in [0.25, 0.3) is 0 Å². The summed E-state index contributed by atoms with van der Waals surface area (Å²) in [5.41, 5.74) is 5.04. The molecule has 37 heavy (non-hydrogen) atoms. The van der Waals surface area contributed by atoms with E-state index in [9.17, 15) is 9.65 Å². The summed E-state index contributed by atoms with van der Waals surface area (Å²) >= 11 is 0. The molecular formula is C28H20FN7O. The van der Waals surface area contributed by atoms with Crippen molar-refractivity contribution in [1.29, 1.82) is 5.26 Å². The molecule has 0 radical (unpaired) electrons. The summed E-state index contributed by atoms with van der Waals surface area (Å²) < 4.78 is 23.3. The number of aromatic nitrogens is 5.